The Hall–Kier alpha value is -0.120. The first kappa shape index (κ1) is 18.9. The monoisotopic (exact) mass is 274 g/mol. The van der Waals surface area contributed by atoms with E-state index in [9.17, 15) is 0 Å². The summed E-state index contributed by atoms with van der Waals surface area (Å²) in [5.74, 6) is 0.768. The molecule has 0 radical (unpaired) electrons. The standard InChI is InChI=1S/C14H30N2O.C2H6.H2/c1-13(2)11-16-9-10-17-14(12-16)7-5-4-6-8-15-3;1-2;/h13-15H,4-12H2,1-3H3;1-2H3;1H/t14-;;/m1../s1. The summed E-state index contributed by atoms with van der Waals surface area (Å²) in [5, 5.41) is 3.20. The Morgan fingerprint density at radius 1 is 1.26 bits per heavy atom. The molecule has 0 spiro atoms. The highest BCUT2D eigenvalue weighted by atomic mass is 16.5. The molecule has 1 fully saturated rings. The van der Waals surface area contributed by atoms with Crippen LogP contribution in [0.5, 0.6) is 0 Å². The van der Waals surface area contributed by atoms with Crippen molar-refractivity contribution < 1.29 is 6.16 Å². The van der Waals surface area contributed by atoms with Gasteiger partial charge in [-0.3, -0.25) is 4.90 Å². The summed E-state index contributed by atoms with van der Waals surface area (Å²) in [6.45, 7) is 14.1. The minimum absolute atomic E-state index is 0. The van der Waals surface area contributed by atoms with Gasteiger partial charge < -0.3 is 10.1 Å². The maximum atomic E-state index is 5.84. The van der Waals surface area contributed by atoms with Crippen molar-refractivity contribution in [3.8, 4) is 0 Å². The third kappa shape index (κ3) is 10.3. The fourth-order valence-corrected chi connectivity index (χ4v) is 2.49. The van der Waals surface area contributed by atoms with E-state index < -0.39 is 0 Å². The first-order chi connectivity index (χ1) is 9.22. The summed E-state index contributed by atoms with van der Waals surface area (Å²) in [4.78, 5) is 2.56. The zero-order valence-electron chi connectivity index (χ0n) is 13.9. The van der Waals surface area contributed by atoms with Gasteiger partial charge in [0, 0.05) is 21.1 Å². The van der Waals surface area contributed by atoms with Crippen molar-refractivity contribution in [1.29, 1.82) is 0 Å². The second kappa shape index (κ2) is 12.9. The zero-order chi connectivity index (χ0) is 14.5. The Bertz CT molecular complexity index is 191. The number of unbranched alkanes of at least 4 members (excludes halogenated alkanes) is 2. The molecular weight excluding hydrogens is 236 g/mol. The van der Waals surface area contributed by atoms with E-state index in [1.807, 2.05) is 20.9 Å². The minimum Gasteiger partial charge on any atom is -0.376 e. The van der Waals surface area contributed by atoms with Crippen molar-refractivity contribution in [2.75, 3.05) is 39.8 Å². The number of hydrogen-bond acceptors (Lipinski definition) is 3. The van der Waals surface area contributed by atoms with Gasteiger partial charge in [0.1, 0.15) is 0 Å². The van der Waals surface area contributed by atoms with Gasteiger partial charge >= 0.3 is 0 Å². The quantitative estimate of drug-likeness (QED) is 0.687. The molecule has 1 N–H and O–H groups in total. The first-order valence-electron chi connectivity index (χ1n) is 8.21. The predicted molar refractivity (Wildman–Crippen MR) is 86.9 cm³/mol. The van der Waals surface area contributed by atoms with Gasteiger partial charge in [0.15, 0.2) is 0 Å². The third-order valence-electron chi connectivity index (χ3n) is 3.30. The fraction of sp³-hybridized carbons (Fsp3) is 1.00. The largest absolute Gasteiger partial charge is 0.376 e. The summed E-state index contributed by atoms with van der Waals surface area (Å²) in [5.41, 5.74) is 0. The molecule has 0 aromatic carbocycles. The van der Waals surface area contributed by atoms with Crippen LogP contribution in [-0.4, -0.2) is 50.8 Å². The van der Waals surface area contributed by atoms with Gasteiger partial charge in [0.05, 0.1) is 12.7 Å². The Kier molecular flexibility index (Phi) is 12.8. The molecule has 3 nitrogen and oxygen atoms in total. The molecule has 0 aromatic rings. The maximum absolute atomic E-state index is 5.84. The topological polar surface area (TPSA) is 24.5 Å². The molecule has 0 saturated carbocycles. The van der Waals surface area contributed by atoms with E-state index in [1.54, 1.807) is 0 Å². The molecule has 1 aliphatic rings. The summed E-state index contributed by atoms with van der Waals surface area (Å²) < 4.78 is 5.84. The average Bonchev–Trinajstić information content (AvgIpc) is 2.40. The Labute approximate surface area is 122 Å². The van der Waals surface area contributed by atoms with E-state index in [0.717, 1.165) is 32.2 Å². The van der Waals surface area contributed by atoms with Crippen LogP contribution in [0, 0.1) is 5.92 Å². The molecule has 1 saturated heterocycles. The molecule has 118 valence electrons. The fourth-order valence-electron chi connectivity index (χ4n) is 2.49. The lowest BCUT2D eigenvalue weighted by molar-refractivity contribution is -0.0360. The van der Waals surface area contributed by atoms with Crippen LogP contribution in [-0.2, 0) is 4.74 Å². The molecule has 1 atom stereocenters. The van der Waals surface area contributed by atoms with Crippen molar-refractivity contribution in [3.05, 3.63) is 0 Å². The van der Waals surface area contributed by atoms with Gasteiger partial charge in [-0.1, -0.05) is 40.5 Å². The smallest absolute Gasteiger partial charge is 0.0702 e. The van der Waals surface area contributed by atoms with Crippen LogP contribution in [0.15, 0.2) is 0 Å². The van der Waals surface area contributed by atoms with E-state index in [4.69, 9.17) is 4.74 Å². The van der Waals surface area contributed by atoms with Gasteiger partial charge in [0.2, 0.25) is 0 Å². The molecule has 19 heavy (non-hydrogen) atoms. The molecule has 0 bridgehead atoms. The molecule has 0 amide bonds. The van der Waals surface area contributed by atoms with Crippen molar-refractivity contribution in [2.24, 2.45) is 5.92 Å². The van der Waals surface area contributed by atoms with E-state index in [2.05, 4.69) is 24.1 Å². The summed E-state index contributed by atoms with van der Waals surface area (Å²) in [7, 11) is 2.02. The molecule has 3 heteroatoms. The Morgan fingerprint density at radius 3 is 2.63 bits per heavy atom. The first-order valence-corrected chi connectivity index (χ1v) is 8.21. The summed E-state index contributed by atoms with van der Waals surface area (Å²) in [6, 6.07) is 0. The van der Waals surface area contributed by atoms with Crippen molar-refractivity contribution in [3.63, 3.8) is 0 Å². The molecule has 0 aliphatic carbocycles. The Balaban J connectivity index is 0. The highest BCUT2D eigenvalue weighted by molar-refractivity contribution is 4.72. The lowest BCUT2D eigenvalue weighted by Crippen LogP contribution is -2.43. The predicted octanol–water partition coefficient (Wildman–Crippen LogP) is 3.40. The second-order valence-corrected chi connectivity index (χ2v) is 5.60. The number of morpholine rings is 1. The van der Waals surface area contributed by atoms with E-state index >= 15 is 0 Å². The van der Waals surface area contributed by atoms with Crippen LogP contribution in [0.3, 0.4) is 0 Å². The normalized spacial score (nSPS) is 20.2. The van der Waals surface area contributed by atoms with Gasteiger partial charge in [-0.05, 0) is 32.4 Å². The number of ether oxygens (including phenoxy) is 1. The highest BCUT2D eigenvalue weighted by Gasteiger charge is 2.20. The minimum atomic E-state index is 0. The van der Waals surface area contributed by atoms with Crippen LogP contribution in [0.2, 0.25) is 0 Å². The SMILES string of the molecule is CC.CNCCCCC[C@@H]1CN(CC(C)C)CCO1.[HH]. The van der Waals surface area contributed by atoms with Crippen LogP contribution in [0.1, 0.15) is 54.8 Å². The number of nitrogens with one attached hydrogen (secondary N) is 1. The average molecular weight is 274 g/mol. The summed E-state index contributed by atoms with van der Waals surface area (Å²) in [6.07, 6.45) is 5.64. The van der Waals surface area contributed by atoms with Crippen LogP contribution in [0.4, 0.5) is 0 Å². The molecule has 0 aromatic heterocycles. The summed E-state index contributed by atoms with van der Waals surface area (Å²) >= 11 is 0. The highest BCUT2D eigenvalue weighted by Crippen LogP contribution is 2.13. The molecular formula is C16H38N2O. The van der Waals surface area contributed by atoms with E-state index in [0.29, 0.717) is 6.10 Å². The lowest BCUT2D eigenvalue weighted by Gasteiger charge is -2.34. The van der Waals surface area contributed by atoms with Gasteiger partial charge in [-0.15, -0.1) is 0 Å². The van der Waals surface area contributed by atoms with Gasteiger partial charge in [-0.25, -0.2) is 0 Å². The molecule has 1 heterocycles. The van der Waals surface area contributed by atoms with Crippen LogP contribution < -0.4 is 5.32 Å². The van der Waals surface area contributed by atoms with Crippen molar-refractivity contribution in [1.82, 2.24) is 10.2 Å². The lowest BCUT2D eigenvalue weighted by atomic mass is 10.1. The molecule has 0 unspecified atom stereocenters. The Morgan fingerprint density at radius 2 is 2.00 bits per heavy atom. The van der Waals surface area contributed by atoms with Crippen molar-refractivity contribution >= 4 is 0 Å². The van der Waals surface area contributed by atoms with E-state index in [1.165, 1.54) is 32.2 Å². The van der Waals surface area contributed by atoms with E-state index in [-0.39, 0.29) is 1.43 Å². The molecule has 1 rings (SSSR count). The maximum Gasteiger partial charge on any atom is 0.0702 e. The van der Waals surface area contributed by atoms with Crippen molar-refractivity contribution in [2.45, 2.75) is 59.5 Å². The number of hydrogen-bond donors (Lipinski definition) is 1. The molecule has 1 aliphatic heterocycles. The van der Waals surface area contributed by atoms with Crippen LogP contribution >= 0.6 is 0 Å². The third-order valence-corrected chi connectivity index (χ3v) is 3.30. The second-order valence-electron chi connectivity index (χ2n) is 5.60. The zero-order valence-corrected chi connectivity index (χ0v) is 13.9. The number of nitrogens with zero attached hydrogens (tertiary/aromatic N) is 1. The van der Waals surface area contributed by atoms with Gasteiger partial charge in [0.25, 0.3) is 0 Å². The van der Waals surface area contributed by atoms with Gasteiger partial charge in [-0.2, -0.15) is 0 Å². The van der Waals surface area contributed by atoms with Crippen LogP contribution in [0.25, 0.3) is 0 Å². The number of rotatable bonds is 8.